The molecule has 8 heteroatoms. The summed E-state index contributed by atoms with van der Waals surface area (Å²) in [6.45, 7) is 0. The summed E-state index contributed by atoms with van der Waals surface area (Å²) in [5, 5.41) is 10.7. The molecular weight excluding hydrogens is 319 g/mol. The molecule has 0 saturated carbocycles. The molecule has 0 atom stereocenters. The monoisotopic (exact) mass is 325 g/mol. The summed E-state index contributed by atoms with van der Waals surface area (Å²) in [7, 11) is 0. The van der Waals surface area contributed by atoms with E-state index in [9.17, 15) is 22.8 Å². The van der Waals surface area contributed by atoms with E-state index in [1.807, 2.05) is 5.32 Å². The van der Waals surface area contributed by atoms with Crippen LogP contribution in [0, 0.1) is 0 Å². The number of alkyl halides is 3. The lowest BCUT2D eigenvalue weighted by Gasteiger charge is -2.10. The van der Waals surface area contributed by atoms with Crippen LogP contribution < -0.4 is 5.32 Å². The maximum Gasteiger partial charge on any atom is 0.397 e. The Balaban J connectivity index is 2.93. The van der Waals surface area contributed by atoms with Crippen LogP contribution >= 0.6 is 15.9 Å². The Kier molecular flexibility index (Phi) is 4.33. The molecule has 2 N–H and O–H groups in total. The predicted molar refractivity (Wildman–Crippen MR) is 60.4 cm³/mol. The molecule has 1 aromatic carbocycles. The van der Waals surface area contributed by atoms with E-state index in [-0.39, 0.29) is 11.3 Å². The number of carboxylic acid groups (broad SMARTS) is 1. The molecule has 0 aliphatic carbocycles. The number of anilines is 1. The van der Waals surface area contributed by atoms with Gasteiger partial charge in [-0.25, -0.2) is 4.79 Å². The molecule has 1 aromatic rings. The largest absolute Gasteiger partial charge is 0.478 e. The van der Waals surface area contributed by atoms with Gasteiger partial charge in [-0.15, -0.1) is 0 Å². The average molecular weight is 326 g/mol. The topological polar surface area (TPSA) is 66.4 Å². The summed E-state index contributed by atoms with van der Waals surface area (Å²) >= 11 is 3.03. The summed E-state index contributed by atoms with van der Waals surface area (Å²) in [6, 6.07) is 3.80. The maximum atomic E-state index is 12.0. The van der Waals surface area contributed by atoms with Gasteiger partial charge in [0.15, 0.2) is 0 Å². The molecule has 1 rings (SSSR count). The number of benzene rings is 1. The zero-order chi connectivity index (χ0) is 13.9. The van der Waals surface area contributed by atoms with Gasteiger partial charge in [-0.05, 0) is 18.2 Å². The Hall–Kier alpha value is -1.57. The van der Waals surface area contributed by atoms with Crippen LogP contribution in [0.4, 0.5) is 18.9 Å². The lowest BCUT2D eigenvalue weighted by molar-refractivity contribution is -0.150. The third-order valence-electron chi connectivity index (χ3n) is 1.85. The molecule has 1 amide bonds. The van der Waals surface area contributed by atoms with E-state index in [1.54, 1.807) is 0 Å². The number of amides is 1. The second-order valence-corrected chi connectivity index (χ2v) is 4.25. The van der Waals surface area contributed by atoms with E-state index in [2.05, 4.69) is 15.9 Å². The number of halogens is 4. The molecule has 0 fully saturated rings. The van der Waals surface area contributed by atoms with Gasteiger partial charge in [-0.1, -0.05) is 15.9 Å². The third-order valence-corrected chi connectivity index (χ3v) is 2.34. The normalized spacial score (nSPS) is 11.1. The molecule has 0 unspecified atom stereocenters. The third kappa shape index (κ3) is 4.36. The van der Waals surface area contributed by atoms with Crippen molar-refractivity contribution in [3.8, 4) is 0 Å². The van der Waals surface area contributed by atoms with Gasteiger partial charge in [0, 0.05) is 4.47 Å². The molecule has 0 radical (unpaired) electrons. The maximum absolute atomic E-state index is 12.0. The van der Waals surface area contributed by atoms with Gasteiger partial charge in [0.1, 0.15) is 6.42 Å². The van der Waals surface area contributed by atoms with E-state index in [1.165, 1.54) is 18.2 Å². The molecule has 0 heterocycles. The molecular formula is C10H7BrF3NO3. The minimum atomic E-state index is -4.64. The van der Waals surface area contributed by atoms with Crippen LogP contribution in [0.3, 0.4) is 0 Å². The zero-order valence-electron chi connectivity index (χ0n) is 8.71. The Morgan fingerprint density at radius 3 is 2.44 bits per heavy atom. The lowest BCUT2D eigenvalue weighted by Crippen LogP contribution is -2.22. The first kappa shape index (κ1) is 14.5. The van der Waals surface area contributed by atoms with Crippen molar-refractivity contribution in [1.82, 2.24) is 0 Å². The minimum Gasteiger partial charge on any atom is -0.478 e. The SMILES string of the molecule is O=C(CC(F)(F)F)Nc1cc(Br)ccc1C(=O)O. The van der Waals surface area contributed by atoms with Gasteiger partial charge in [0.25, 0.3) is 0 Å². The van der Waals surface area contributed by atoms with Crippen molar-refractivity contribution in [3.05, 3.63) is 28.2 Å². The van der Waals surface area contributed by atoms with Crippen molar-refractivity contribution < 1.29 is 27.9 Å². The highest BCUT2D eigenvalue weighted by Gasteiger charge is 2.31. The number of carboxylic acids is 1. The number of rotatable bonds is 3. The fourth-order valence-corrected chi connectivity index (χ4v) is 1.54. The van der Waals surface area contributed by atoms with Crippen LogP contribution in [0.25, 0.3) is 0 Å². The predicted octanol–water partition coefficient (Wildman–Crippen LogP) is 3.04. The molecule has 0 saturated heterocycles. The molecule has 0 aliphatic heterocycles. The number of aromatic carboxylic acids is 1. The van der Waals surface area contributed by atoms with Crippen LogP contribution in [-0.4, -0.2) is 23.2 Å². The van der Waals surface area contributed by atoms with E-state index in [4.69, 9.17) is 5.11 Å². The number of nitrogens with one attached hydrogen (secondary N) is 1. The fraction of sp³-hybridized carbons (Fsp3) is 0.200. The van der Waals surface area contributed by atoms with Gasteiger partial charge in [0.2, 0.25) is 5.91 Å². The Morgan fingerprint density at radius 2 is 1.94 bits per heavy atom. The summed E-state index contributed by atoms with van der Waals surface area (Å²) < 4.78 is 36.3. The molecule has 18 heavy (non-hydrogen) atoms. The van der Waals surface area contributed by atoms with Gasteiger partial charge in [0.05, 0.1) is 11.3 Å². The second-order valence-electron chi connectivity index (χ2n) is 3.34. The van der Waals surface area contributed by atoms with Crippen molar-refractivity contribution in [1.29, 1.82) is 0 Å². The van der Waals surface area contributed by atoms with Crippen LogP contribution in [0.1, 0.15) is 16.8 Å². The van der Waals surface area contributed by atoms with Gasteiger partial charge in [-0.3, -0.25) is 4.79 Å². The van der Waals surface area contributed by atoms with Crippen LogP contribution in [0.15, 0.2) is 22.7 Å². The first-order chi connectivity index (χ1) is 8.19. The van der Waals surface area contributed by atoms with Crippen LogP contribution in [-0.2, 0) is 4.79 Å². The lowest BCUT2D eigenvalue weighted by atomic mass is 10.1. The Morgan fingerprint density at radius 1 is 1.33 bits per heavy atom. The van der Waals surface area contributed by atoms with Crippen LogP contribution in [0.2, 0.25) is 0 Å². The number of hydrogen-bond donors (Lipinski definition) is 2. The number of hydrogen-bond acceptors (Lipinski definition) is 2. The zero-order valence-corrected chi connectivity index (χ0v) is 10.3. The molecule has 4 nitrogen and oxygen atoms in total. The summed E-state index contributed by atoms with van der Waals surface area (Å²) in [4.78, 5) is 21.9. The Bertz CT molecular complexity index is 488. The van der Waals surface area contributed by atoms with Crippen molar-refractivity contribution >= 4 is 33.5 Å². The highest BCUT2D eigenvalue weighted by molar-refractivity contribution is 9.10. The highest BCUT2D eigenvalue weighted by Crippen LogP contribution is 2.24. The molecule has 0 bridgehead atoms. The summed E-state index contributed by atoms with van der Waals surface area (Å²) in [6.07, 6.45) is -6.31. The van der Waals surface area contributed by atoms with Crippen molar-refractivity contribution in [2.75, 3.05) is 5.32 Å². The second kappa shape index (κ2) is 5.38. The minimum absolute atomic E-state index is 0.189. The summed E-state index contributed by atoms with van der Waals surface area (Å²) in [5.74, 6) is -2.66. The molecule has 0 spiro atoms. The highest BCUT2D eigenvalue weighted by atomic mass is 79.9. The van der Waals surface area contributed by atoms with Crippen molar-refractivity contribution in [3.63, 3.8) is 0 Å². The summed E-state index contributed by atoms with van der Waals surface area (Å²) in [5.41, 5.74) is -0.472. The molecule has 0 aromatic heterocycles. The van der Waals surface area contributed by atoms with Gasteiger partial charge < -0.3 is 10.4 Å². The molecule has 98 valence electrons. The first-order valence-electron chi connectivity index (χ1n) is 4.58. The first-order valence-corrected chi connectivity index (χ1v) is 5.38. The van der Waals surface area contributed by atoms with Crippen LogP contribution in [0.5, 0.6) is 0 Å². The average Bonchev–Trinajstić information content (AvgIpc) is 2.13. The van der Waals surface area contributed by atoms with E-state index in [0.29, 0.717) is 4.47 Å². The smallest absolute Gasteiger partial charge is 0.397 e. The van der Waals surface area contributed by atoms with Gasteiger partial charge >= 0.3 is 12.1 Å². The number of carbonyl (C=O) groups is 2. The van der Waals surface area contributed by atoms with E-state index in [0.717, 1.165) is 0 Å². The number of carbonyl (C=O) groups excluding carboxylic acids is 1. The van der Waals surface area contributed by atoms with E-state index < -0.39 is 24.5 Å². The Labute approximate surface area is 108 Å². The van der Waals surface area contributed by atoms with E-state index >= 15 is 0 Å². The standard InChI is InChI=1S/C10H7BrF3NO3/c11-5-1-2-6(9(17)18)7(3-5)15-8(16)4-10(12,13)14/h1-3H,4H2,(H,15,16)(H,17,18). The quantitative estimate of drug-likeness (QED) is 0.897. The fourth-order valence-electron chi connectivity index (χ4n) is 1.18. The van der Waals surface area contributed by atoms with Gasteiger partial charge in [-0.2, -0.15) is 13.2 Å². The van der Waals surface area contributed by atoms with Crippen molar-refractivity contribution in [2.24, 2.45) is 0 Å². The van der Waals surface area contributed by atoms with Crippen molar-refractivity contribution in [2.45, 2.75) is 12.6 Å². The molecule has 0 aliphatic rings.